The van der Waals surface area contributed by atoms with Crippen molar-refractivity contribution in [2.45, 2.75) is 6.54 Å². The second kappa shape index (κ2) is 7.19. The highest BCUT2D eigenvalue weighted by Crippen LogP contribution is 2.21. The Morgan fingerprint density at radius 1 is 0.964 bits per heavy atom. The van der Waals surface area contributed by atoms with Crippen LogP contribution in [0.25, 0.3) is 16.3 Å². The Hall–Kier alpha value is -3.02. The van der Waals surface area contributed by atoms with E-state index in [1.807, 2.05) is 65.2 Å². The number of hydrogen-bond acceptors (Lipinski definition) is 4. The van der Waals surface area contributed by atoms with E-state index in [0.29, 0.717) is 11.4 Å². The largest absolute Gasteiger partial charge is 0.379 e. The molecule has 0 N–H and O–H groups in total. The maximum atomic E-state index is 13.3. The maximum Gasteiger partial charge on any atom is 0.228 e. The third kappa shape index (κ3) is 3.09. The quantitative estimate of drug-likeness (QED) is 0.515. The normalized spacial score (nSPS) is 15.3. The standard InChI is InChI=1S/C23H21N3O2/c27-22(19-9-8-17-5-1-2-6-18(17)15-19)23-24-20(16-25-11-13-28-14-12-25)21-7-3-4-10-26(21)23/h1-10,15H,11-14,16H2. The van der Waals surface area contributed by atoms with Crippen molar-refractivity contribution in [2.24, 2.45) is 0 Å². The van der Waals surface area contributed by atoms with E-state index < -0.39 is 0 Å². The van der Waals surface area contributed by atoms with Gasteiger partial charge in [-0.05, 0) is 29.0 Å². The highest BCUT2D eigenvalue weighted by Gasteiger charge is 2.21. The molecule has 0 unspecified atom stereocenters. The first-order chi connectivity index (χ1) is 13.8. The van der Waals surface area contributed by atoms with Crippen LogP contribution in [0.1, 0.15) is 21.9 Å². The molecule has 140 valence electrons. The molecule has 1 saturated heterocycles. The summed E-state index contributed by atoms with van der Waals surface area (Å²) in [6, 6.07) is 19.8. The van der Waals surface area contributed by atoms with Crippen LogP contribution >= 0.6 is 0 Å². The van der Waals surface area contributed by atoms with E-state index in [-0.39, 0.29) is 5.78 Å². The Kier molecular flexibility index (Phi) is 4.39. The SMILES string of the molecule is O=C(c1ccc2ccccc2c1)c1nc(CN2CCOCC2)c2ccccn12. The average molecular weight is 371 g/mol. The van der Waals surface area contributed by atoms with Crippen LogP contribution in [0, 0.1) is 0 Å². The molecule has 5 rings (SSSR count). The first kappa shape index (κ1) is 17.1. The van der Waals surface area contributed by atoms with Crippen molar-refractivity contribution in [3.63, 3.8) is 0 Å². The van der Waals surface area contributed by atoms with Gasteiger partial charge in [-0.25, -0.2) is 4.98 Å². The zero-order valence-corrected chi connectivity index (χ0v) is 15.5. The summed E-state index contributed by atoms with van der Waals surface area (Å²) in [6.07, 6.45) is 1.92. The predicted molar refractivity (Wildman–Crippen MR) is 109 cm³/mol. The Labute approximate surface area is 163 Å². The lowest BCUT2D eigenvalue weighted by Gasteiger charge is -2.25. The van der Waals surface area contributed by atoms with Gasteiger partial charge in [-0.2, -0.15) is 0 Å². The monoisotopic (exact) mass is 371 g/mol. The molecular weight excluding hydrogens is 350 g/mol. The molecule has 1 fully saturated rings. The van der Waals surface area contributed by atoms with Crippen LogP contribution < -0.4 is 0 Å². The zero-order valence-electron chi connectivity index (χ0n) is 15.5. The predicted octanol–water partition coefficient (Wildman–Crippen LogP) is 3.55. The van der Waals surface area contributed by atoms with Crippen LogP contribution in [0.3, 0.4) is 0 Å². The summed E-state index contributed by atoms with van der Waals surface area (Å²) in [4.78, 5) is 20.4. The van der Waals surface area contributed by atoms with Crippen LogP contribution in [-0.4, -0.2) is 46.4 Å². The molecular formula is C23H21N3O2. The van der Waals surface area contributed by atoms with Gasteiger partial charge in [0.15, 0.2) is 5.82 Å². The Morgan fingerprint density at radius 2 is 1.75 bits per heavy atom. The van der Waals surface area contributed by atoms with Crippen molar-refractivity contribution >= 4 is 22.1 Å². The highest BCUT2D eigenvalue weighted by molar-refractivity contribution is 6.09. The average Bonchev–Trinajstić information content (AvgIpc) is 3.12. The lowest BCUT2D eigenvalue weighted by atomic mass is 10.0. The van der Waals surface area contributed by atoms with Gasteiger partial charge in [-0.15, -0.1) is 0 Å². The number of fused-ring (bicyclic) bond motifs is 2. The van der Waals surface area contributed by atoms with Gasteiger partial charge in [0.25, 0.3) is 0 Å². The summed E-state index contributed by atoms with van der Waals surface area (Å²) in [5, 5.41) is 2.18. The van der Waals surface area contributed by atoms with E-state index in [4.69, 9.17) is 9.72 Å². The fourth-order valence-electron chi connectivity index (χ4n) is 3.81. The molecule has 0 spiro atoms. The summed E-state index contributed by atoms with van der Waals surface area (Å²) < 4.78 is 7.35. The third-order valence-electron chi connectivity index (χ3n) is 5.32. The van der Waals surface area contributed by atoms with Gasteiger partial charge in [-0.1, -0.05) is 42.5 Å². The van der Waals surface area contributed by atoms with Gasteiger partial charge >= 0.3 is 0 Å². The molecule has 0 bridgehead atoms. The van der Waals surface area contributed by atoms with Crippen molar-refractivity contribution in [1.29, 1.82) is 0 Å². The van der Waals surface area contributed by atoms with Crippen LogP contribution in [0.2, 0.25) is 0 Å². The van der Waals surface area contributed by atoms with Gasteiger partial charge in [-0.3, -0.25) is 14.1 Å². The van der Waals surface area contributed by atoms with Crippen LogP contribution in [0.4, 0.5) is 0 Å². The van der Waals surface area contributed by atoms with E-state index in [0.717, 1.165) is 54.8 Å². The number of carbonyl (C=O) groups is 1. The molecule has 5 nitrogen and oxygen atoms in total. The highest BCUT2D eigenvalue weighted by atomic mass is 16.5. The molecule has 5 heteroatoms. The maximum absolute atomic E-state index is 13.3. The molecule has 0 radical (unpaired) electrons. The minimum atomic E-state index is -0.0554. The first-order valence-electron chi connectivity index (χ1n) is 9.59. The number of aromatic nitrogens is 2. The molecule has 28 heavy (non-hydrogen) atoms. The van der Waals surface area contributed by atoms with E-state index in [9.17, 15) is 4.79 Å². The second-order valence-corrected chi connectivity index (χ2v) is 7.12. The number of hydrogen-bond donors (Lipinski definition) is 0. The molecule has 2 aromatic heterocycles. The number of nitrogens with zero attached hydrogens (tertiary/aromatic N) is 3. The third-order valence-corrected chi connectivity index (χ3v) is 5.32. The Balaban J connectivity index is 1.54. The minimum Gasteiger partial charge on any atom is -0.379 e. The van der Waals surface area contributed by atoms with Crippen molar-refractivity contribution < 1.29 is 9.53 Å². The molecule has 2 aromatic carbocycles. The number of morpholine rings is 1. The van der Waals surface area contributed by atoms with Crippen LogP contribution in [0.15, 0.2) is 66.9 Å². The fraction of sp³-hybridized carbons (Fsp3) is 0.217. The number of ether oxygens (including phenoxy) is 1. The molecule has 3 heterocycles. The summed E-state index contributed by atoms with van der Waals surface area (Å²) in [5.74, 6) is 0.411. The number of rotatable bonds is 4. The minimum absolute atomic E-state index is 0.0554. The van der Waals surface area contributed by atoms with Crippen molar-refractivity contribution in [2.75, 3.05) is 26.3 Å². The molecule has 0 amide bonds. The lowest BCUT2D eigenvalue weighted by molar-refractivity contribution is 0.0338. The molecule has 1 aliphatic heterocycles. The van der Waals surface area contributed by atoms with E-state index in [1.54, 1.807) is 0 Å². The molecule has 0 aliphatic carbocycles. The Bertz CT molecular complexity index is 1160. The number of imidazole rings is 1. The second-order valence-electron chi connectivity index (χ2n) is 7.12. The topological polar surface area (TPSA) is 46.8 Å². The summed E-state index contributed by atoms with van der Waals surface area (Å²) >= 11 is 0. The zero-order chi connectivity index (χ0) is 18.9. The van der Waals surface area contributed by atoms with Crippen molar-refractivity contribution in [3.05, 3.63) is 83.9 Å². The van der Waals surface area contributed by atoms with Gasteiger partial charge < -0.3 is 4.74 Å². The van der Waals surface area contributed by atoms with E-state index in [2.05, 4.69) is 11.0 Å². The Morgan fingerprint density at radius 3 is 2.61 bits per heavy atom. The van der Waals surface area contributed by atoms with Crippen molar-refractivity contribution in [3.8, 4) is 0 Å². The van der Waals surface area contributed by atoms with E-state index in [1.165, 1.54) is 0 Å². The molecule has 4 aromatic rings. The molecule has 0 saturated carbocycles. The number of pyridine rings is 1. The van der Waals surface area contributed by atoms with Gasteiger partial charge in [0.05, 0.1) is 24.4 Å². The van der Waals surface area contributed by atoms with Gasteiger partial charge in [0, 0.05) is 31.4 Å². The number of ketones is 1. The molecule has 1 aliphatic rings. The van der Waals surface area contributed by atoms with Crippen LogP contribution in [0.5, 0.6) is 0 Å². The number of benzene rings is 2. The lowest BCUT2D eigenvalue weighted by Crippen LogP contribution is -2.35. The van der Waals surface area contributed by atoms with Crippen molar-refractivity contribution in [1.82, 2.24) is 14.3 Å². The molecule has 0 atom stereocenters. The smallest absolute Gasteiger partial charge is 0.228 e. The van der Waals surface area contributed by atoms with Crippen LogP contribution in [-0.2, 0) is 11.3 Å². The van der Waals surface area contributed by atoms with Gasteiger partial charge in [0.2, 0.25) is 5.78 Å². The summed E-state index contributed by atoms with van der Waals surface area (Å²) in [7, 11) is 0. The summed E-state index contributed by atoms with van der Waals surface area (Å²) in [6.45, 7) is 3.99. The fourth-order valence-corrected chi connectivity index (χ4v) is 3.81. The van der Waals surface area contributed by atoms with E-state index >= 15 is 0 Å². The van der Waals surface area contributed by atoms with Gasteiger partial charge in [0.1, 0.15) is 0 Å². The number of carbonyl (C=O) groups excluding carboxylic acids is 1. The summed E-state index contributed by atoms with van der Waals surface area (Å²) in [5.41, 5.74) is 2.58. The first-order valence-corrected chi connectivity index (χ1v) is 9.59.